The van der Waals surface area contributed by atoms with Crippen LogP contribution in [0.2, 0.25) is 0 Å². The molecule has 0 spiro atoms. The zero-order chi connectivity index (χ0) is 11.9. The highest BCUT2D eigenvalue weighted by molar-refractivity contribution is 6.50. The van der Waals surface area contributed by atoms with Gasteiger partial charge in [0.25, 0.3) is 0 Å². The second-order valence-electron chi connectivity index (χ2n) is 3.01. The van der Waals surface area contributed by atoms with Gasteiger partial charge in [0, 0.05) is 19.7 Å². The Balaban J connectivity index is 0.000000336. The Morgan fingerprint density at radius 1 is 1.40 bits per heavy atom. The Labute approximate surface area is 86.4 Å². The largest absolute Gasteiger partial charge is 0.673 e. The van der Waals surface area contributed by atoms with Crippen molar-refractivity contribution >= 4 is 7.25 Å². The summed E-state index contributed by atoms with van der Waals surface area (Å²) in [5, 5.41) is 0. The molecular formula is C7H15BF4NO2-. The van der Waals surface area contributed by atoms with Crippen LogP contribution in [0.4, 0.5) is 17.3 Å². The molecule has 0 amide bonds. The third kappa shape index (κ3) is 11.6. The molecule has 0 aromatic heterocycles. The second-order valence-corrected chi connectivity index (χ2v) is 3.01. The Morgan fingerprint density at radius 3 is 2.33 bits per heavy atom. The van der Waals surface area contributed by atoms with Crippen LogP contribution in [-0.2, 0) is 9.47 Å². The van der Waals surface area contributed by atoms with Crippen molar-refractivity contribution in [3.8, 4) is 0 Å². The summed E-state index contributed by atoms with van der Waals surface area (Å²) < 4.78 is 49.6. The van der Waals surface area contributed by atoms with Gasteiger partial charge in [-0.2, -0.15) is 0 Å². The van der Waals surface area contributed by atoms with Gasteiger partial charge in [0.1, 0.15) is 0 Å². The summed E-state index contributed by atoms with van der Waals surface area (Å²) in [6.45, 7) is 5.43. The van der Waals surface area contributed by atoms with Crippen LogP contribution >= 0.6 is 0 Å². The molecule has 0 aromatic rings. The van der Waals surface area contributed by atoms with Crippen LogP contribution in [0.3, 0.4) is 0 Å². The van der Waals surface area contributed by atoms with Crippen molar-refractivity contribution in [2.75, 3.05) is 33.4 Å². The number of nitrogens with zero attached hydrogens (tertiary/aromatic N) is 1. The Kier molecular flexibility index (Phi) is 6.87. The van der Waals surface area contributed by atoms with E-state index in [9.17, 15) is 17.3 Å². The van der Waals surface area contributed by atoms with E-state index in [0.29, 0.717) is 0 Å². The molecule has 1 unspecified atom stereocenters. The van der Waals surface area contributed by atoms with Gasteiger partial charge in [0.15, 0.2) is 6.29 Å². The van der Waals surface area contributed by atoms with Gasteiger partial charge in [-0.15, -0.1) is 0 Å². The minimum absolute atomic E-state index is 0.00347. The van der Waals surface area contributed by atoms with Crippen molar-refractivity contribution in [2.45, 2.75) is 13.2 Å². The predicted molar refractivity (Wildman–Crippen MR) is 49.0 cm³/mol. The van der Waals surface area contributed by atoms with E-state index in [1.165, 1.54) is 0 Å². The van der Waals surface area contributed by atoms with Gasteiger partial charge in [-0.3, -0.25) is 4.90 Å². The summed E-state index contributed by atoms with van der Waals surface area (Å²) in [6.07, 6.45) is 0.00347. The third-order valence-corrected chi connectivity index (χ3v) is 1.59. The fourth-order valence-corrected chi connectivity index (χ4v) is 1.03. The van der Waals surface area contributed by atoms with Gasteiger partial charge in [-0.05, 0) is 14.0 Å². The molecule has 0 bridgehead atoms. The lowest BCUT2D eigenvalue weighted by Gasteiger charge is -2.29. The highest BCUT2D eigenvalue weighted by Gasteiger charge is 2.20. The van der Waals surface area contributed by atoms with Crippen molar-refractivity contribution in [2.24, 2.45) is 0 Å². The molecule has 0 saturated carbocycles. The number of hydrogen-bond donors (Lipinski definition) is 0. The van der Waals surface area contributed by atoms with Crippen LogP contribution in [0, 0.1) is 0 Å². The average Bonchev–Trinajstić information content (AvgIpc) is 2.01. The van der Waals surface area contributed by atoms with Gasteiger partial charge in [-0.25, -0.2) is 0 Å². The van der Waals surface area contributed by atoms with E-state index in [2.05, 4.69) is 11.9 Å². The minimum atomic E-state index is -6.00. The zero-order valence-electron chi connectivity index (χ0n) is 8.76. The normalized spacial score (nSPS) is 23.2. The van der Waals surface area contributed by atoms with E-state index in [1.807, 2.05) is 6.92 Å². The molecule has 1 heterocycles. The van der Waals surface area contributed by atoms with E-state index in [-0.39, 0.29) is 6.29 Å². The maximum Gasteiger partial charge on any atom is 0.673 e. The van der Waals surface area contributed by atoms with Gasteiger partial charge in [0.2, 0.25) is 0 Å². The van der Waals surface area contributed by atoms with Gasteiger partial charge >= 0.3 is 7.25 Å². The number of halogens is 4. The molecule has 0 aromatic carbocycles. The summed E-state index contributed by atoms with van der Waals surface area (Å²) in [7, 11) is -3.92. The van der Waals surface area contributed by atoms with E-state index in [1.54, 1.807) is 0 Å². The minimum Gasteiger partial charge on any atom is -0.418 e. The molecule has 0 radical (unpaired) electrons. The highest BCUT2D eigenvalue weighted by Crippen LogP contribution is 2.06. The molecule has 1 aliphatic heterocycles. The molecule has 92 valence electrons. The topological polar surface area (TPSA) is 21.7 Å². The standard InChI is InChI=1S/C7H15NO2.BF4/c1-3-9-7-6-8(2)4-5-10-7;2-1(3,4)5/h7H,3-6H2,1-2H3;/q;-1. The number of rotatable bonds is 2. The average molecular weight is 232 g/mol. The molecule has 1 aliphatic rings. The molecular weight excluding hydrogens is 217 g/mol. The van der Waals surface area contributed by atoms with Crippen LogP contribution in [-0.4, -0.2) is 51.8 Å². The first-order valence-corrected chi connectivity index (χ1v) is 4.62. The molecule has 0 aliphatic carbocycles. The summed E-state index contributed by atoms with van der Waals surface area (Å²) >= 11 is 0. The van der Waals surface area contributed by atoms with Crippen LogP contribution in [0.15, 0.2) is 0 Å². The maximum atomic E-state index is 9.75. The zero-order valence-corrected chi connectivity index (χ0v) is 8.76. The van der Waals surface area contributed by atoms with Crippen molar-refractivity contribution in [1.29, 1.82) is 0 Å². The Hall–Kier alpha value is -0.335. The summed E-state index contributed by atoms with van der Waals surface area (Å²) in [6, 6.07) is 0. The third-order valence-electron chi connectivity index (χ3n) is 1.59. The molecule has 1 fully saturated rings. The molecule has 8 heteroatoms. The maximum absolute atomic E-state index is 9.75. The number of hydrogen-bond acceptors (Lipinski definition) is 3. The van der Waals surface area contributed by atoms with Gasteiger partial charge < -0.3 is 26.7 Å². The molecule has 3 nitrogen and oxygen atoms in total. The van der Waals surface area contributed by atoms with Crippen molar-refractivity contribution < 1.29 is 26.7 Å². The summed E-state index contributed by atoms with van der Waals surface area (Å²) in [5.41, 5.74) is 0. The van der Waals surface area contributed by atoms with E-state index in [4.69, 9.17) is 9.47 Å². The van der Waals surface area contributed by atoms with Crippen LogP contribution in [0.1, 0.15) is 6.92 Å². The van der Waals surface area contributed by atoms with Crippen molar-refractivity contribution in [3.05, 3.63) is 0 Å². The van der Waals surface area contributed by atoms with Crippen LogP contribution in [0.5, 0.6) is 0 Å². The van der Waals surface area contributed by atoms with E-state index >= 15 is 0 Å². The summed E-state index contributed by atoms with van der Waals surface area (Å²) in [4.78, 5) is 2.21. The molecule has 15 heavy (non-hydrogen) atoms. The fraction of sp³-hybridized carbons (Fsp3) is 1.00. The first-order valence-electron chi connectivity index (χ1n) is 4.62. The van der Waals surface area contributed by atoms with Gasteiger partial charge in [0.05, 0.1) is 6.61 Å². The first-order chi connectivity index (χ1) is 6.83. The first kappa shape index (κ1) is 14.7. The molecule has 1 rings (SSSR count). The van der Waals surface area contributed by atoms with Crippen LogP contribution in [0.25, 0.3) is 0 Å². The molecule has 1 atom stereocenters. The van der Waals surface area contributed by atoms with Crippen molar-refractivity contribution in [1.82, 2.24) is 4.90 Å². The summed E-state index contributed by atoms with van der Waals surface area (Å²) in [5.74, 6) is 0. The predicted octanol–water partition coefficient (Wildman–Crippen LogP) is 1.61. The monoisotopic (exact) mass is 232 g/mol. The molecule has 0 N–H and O–H groups in total. The highest BCUT2D eigenvalue weighted by atomic mass is 19.5. The Bertz CT molecular complexity index is 162. The second kappa shape index (κ2) is 7.02. The van der Waals surface area contributed by atoms with Gasteiger partial charge in [-0.1, -0.05) is 0 Å². The quantitative estimate of drug-likeness (QED) is 0.533. The number of likely N-dealkylation sites (N-methyl/N-ethyl adjacent to an activating group) is 1. The fourth-order valence-electron chi connectivity index (χ4n) is 1.03. The lowest BCUT2D eigenvalue weighted by molar-refractivity contribution is -0.173. The van der Waals surface area contributed by atoms with Crippen LogP contribution < -0.4 is 0 Å². The van der Waals surface area contributed by atoms with Crippen molar-refractivity contribution in [3.63, 3.8) is 0 Å². The van der Waals surface area contributed by atoms with E-state index in [0.717, 1.165) is 26.3 Å². The lowest BCUT2D eigenvalue weighted by atomic mass is 10.3. The molecule has 1 saturated heterocycles. The van der Waals surface area contributed by atoms with E-state index < -0.39 is 7.25 Å². The lowest BCUT2D eigenvalue weighted by Crippen LogP contribution is -2.41. The number of morpholine rings is 1. The SMILES string of the molecule is CCOC1CN(C)CCO1.F[B-](F)(F)F. The Morgan fingerprint density at radius 2 is 1.93 bits per heavy atom. The smallest absolute Gasteiger partial charge is 0.418 e. The number of ether oxygens (including phenoxy) is 2.